The van der Waals surface area contributed by atoms with Gasteiger partial charge in [0.05, 0.1) is 11.3 Å². The Balaban J connectivity index is 2.68. The summed E-state index contributed by atoms with van der Waals surface area (Å²) in [6.45, 7) is 3.98. The molecule has 0 fully saturated rings. The molecule has 0 aromatic carbocycles. The number of nitrogens with zero attached hydrogens (tertiary/aromatic N) is 4. The highest BCUT2D eigenvalue weighted by Gasteiger charge is 2.14. The molecule has 1 N–H and O–H groups in total. The Morgan fingerprint density at radius 1 is 1.27 bits per heavy atom. The molecule has 0 aliphatic heterocycles. The molecule has 0 spiro atoms. The van der Waals surface area contributed by atoms with Gasteiger partial charge in [-0.2, -0.15) is 10.1 Å². The van der Waals surface area contributed by atoms with Gasteiger partial charge in [0, 0.05) is 19.8 Å². The van der Waals surface area contributed by atoms with Gasteiger partial charge in [-0.1, -0.05) is 0 Å². The predicted octanol–water partition coefficient (Wildman–Crippen LogP) is 1.50. The van der Waals surface area contributed by atoms with Crippen LogP contribution in [0.1, 0.15) is 11.4 Å². The first-order valence-corrected chi connectivity index (χ1v) is 5.05. The lowest BCUT2D eigenvalue weighted by molar-refractivity contribution is 0.731. The summed E-state index contributed by atoms with van der Waals surface area (Å²) in [5, 5.41) is 7.44. The van der Waals surface area contributed by atoms with Crippen LogP contribution in [0.15, 0.2) is 0 Å². The number of nitrogens with one attached hydrogen (secondary N) is 1. The summed E-state index contributed by atoms with van der Waals surface area (Å²) in [6.07, 6.45) is 0. The Hall–Kier alpha value is -1.43. The van der Waals surface area contributed by atoms with Crippen LogP contribution < -0.4 is 0 Å². The van der Waals surface area contributed by atoms with Crippen molar-refractivity contribution < 1.29 is 0 Å². The standard InChI is InChI=1S/C9H13N5S/c1-5-7(6(2)13(3)11-5)8-10-9(15)14(4)12-8/h1-4H3,(H,10,12,15). The van der Waals surface area contributed by atoms with Crippen LogP contribution >= 0.6 is 12.2 Å². The van der Waals surface area contributed by atoms with E-state index >= 15 is 0 Å². The molecular weight excluding hydrogens is 210 g/mol. The molecule has 15 heavy (non-hydrogen) atoms. The third-order valence-corrected chi connectivity index (χ3v) is 2.88. The highest BCUT2D eigenvalue weighted by Crippen LogP contribution is 2.22. The lowest BCUT2D eigenvalue weighted by Gasteiger charge is -1.96. The molecule has 2 aromatic heterocycles. The van der Waals surface area contributed by atoms with Crippen LogP contribution in [0.3, 0.4) is 0 Å². The summed E-state index contributed by atoms with van der Waals surface area (Å²) in [5.41, 5.74) is 3.07. The average molecular weight is 223 g/mol. The molecule has 0 saturated carbocycles. The number of aromatic amines is 1. The van der Waals surface area contributed by atoms with E-state index in [0.29, 0.717) is 4.77 Å². The Bertz CT molecular complexity index is 560. The highest BCUT2D eigenvalue weighted by atomic mass is 32.1. The Morgan fingerprint density at radius 3 is 2.33 bits per heavy atom. The molecule has 6 heteroatoms. The number of rotatable bonds is 1. The molecule has 0 aliphatic rings. The van der Waals surface area contributed by atoms with Crippen molar-refractivity contribution in [3.63, 3.8) is 0 Å². The number of H-pyrrole nitrogens is 1. The Kier molecular flexibility index (Phi) is 2.22. The number of hydrogen-bond donors (Lipinski definition) is 1. The van der Waals surface area contributed by atoms with Gasteiger partial charge in [-0.25, -0.2) is 0 Å². The summed E-state index contributed by atoms with van der Waals surface area (Å²) in [6, 6.07) is 0. The molecule has 0 unspecified atom stereocenters. The van der Waals surface area contributed by atoms with E-state index < -0.39 is 0 Å². The molecule has 2 heterocycles. The second-order valence-corrected chi connectivity index (χ2v) is 3.95. The van der Waals surface area contributed by atoms with Crippen LogP contribution in [0.4, 0.5) is 0 Å². The summed E-state index contributed by atoms with van der Waals surface area (Å²) in [5.74, 6) is 0.783. The fourth-order valence-corrected chi connectivity index (χ4v) is 1.77. The smallest absolute Gasteiger partial charge is 0.216 e. The van der Waals surface area contributed by atoms with Crippen molar-refractivity contribution in [2.45, 2.75) is 13.8 Å². The zero-order valence-electron chi connectivity index (χ0n) is 9.20. The third-order valence-electron chi connectivity index (χ3n) is 2.51. The van der Waals surface area contributed by atoms with E-state index in [4.69, 9.17) is 12.2 Å². The van der Waals surface area contributed by atoms with Crippen LogP contribution in [0.2, 0.25) is 0 Å². The van der Waals surface area contributed by atoms with Crippen molar-refractivity contribution in [3.8, 4) is 11.4 Å². The molecule has 5 nitrogen and oxygen atoms in total. The Labute approximate surface area is 92.7 Å². The van der Waals surface area contributed by atoms with E-state index in [0.717, 1.165) is 22.8 Å². The molecule has 0 bridgehead atoms. The van der Waals surface area contributed by atoms with Gasteiger partial charge in [0.2, 0.25) is 4.77 Å². The highest BCUT2D eigenvalue weighted by molar-refractivity contribution is 7.71. The zero-order chi connectivity index (χ0) is 11.2. The fraction of sp³-hybridized carbons (Fsp3) is 0.444. The molecule has 2 rings (SSSR count). The summed E-state index contributed by atoms with van der Waals surface area (Å²) < 4.78 is 4.11. The molecular formula is C9H13N5S. The van der Waals surface area contributed by atoms with Gasteiger partial charge in [0.15, 0.2) is 5.82 Å². The minimum Gasteiger partial charge on any atom is -0.279 e. The van der Waals surface area contributed by atoms with Crippen LogP contribution in [-0.2, 0) is 14.1 Å². The zero-order valence-corrected chi connectivity index (χ0v) is 10.0. The maximum absolute atomic E-state index is 5.06. The second kappa shape index (κ2) is 3.30. The predicted molar refractivity (Wildman–Crippen MR) is 60.1 cm³/mol. The van der Waals surface area contributed by atoms with Gasteiger partial charge < -0.3 is 0 Å². The maximum atomic E-state index is 5.06. The van der Waals surface area contributed by atoms with Crippen LogP contribution in [0.5, 0.6) is 0 Å². The first kappa shape index (κ1) is 10.1. The van der Waals surface area contributed by atoms with E-state index in [1.165, 1.54) is 0 Å². The molecule has 0 radical (unpaired) electrons. The van der Waals surface area contributed by atoms with E-state index in [-0.39, 0.29) is 0 Å². The summed E-state index contributed by atoms with van der Waals surface area (Å²) in [4.78, 5) is 4.28. The largest absolute Gasteiger partial charge is 0.279 e. The Morgan fingerprint density at radius 2 is 1.93 bits per heavy atom. The fourth-order valence-electron chi connectivity index (χ4n) is 1.63. The second-order valence-electron chi connectivity index (χ2n) is 3.58. The normalized spacial score (nSPS) is 10.9. The average Bonchev–Trinajstić information content (AvgIpc) is 2.57. The summed E-state index contributed by atoms with van der Waals surface area (Å²) in [7, 11) is 3.77. The molecule has 0 amide bonds. The maximum Gasteiger partial charge on any atom is 0.216 e. The van der Waals surface area contributed by atoms with Gasteiger partial charge in [0.25, 0.3) is 0 Å². The van der Waals surface area contributed by atoms with Crippen molar-refractivity contribution >= 4 is 12.2 Å². The first-order chi connectivity index (χ1) is 7.00. The van der Waals surface area contributed by atoms with E-state index in [1.54, 1.807) is 4.68 Å². The number of aryl methyl sites for hydroxylation is 3. The van der Waals surface area contributed by atoms with E-state index in [9.17, 15) is 0 Å². The van der Waals surface area contributed by atoms with Gasteiger partial charge in [-0.3, -0.25) is 14.5 Å². The van der Waals surface area contributed by atoms with Crippen molar-refractivity contribution in [2.75, 3.05) is 0 Å². The van der Waals surface area contributed by atoms with Gasteiger partial charge in [-0.15, -0.1) is 0 Å². The van der Waals surface area contributed by atoms with Crippen molar-refractivity contribution in [1.82, 2.24) is 24.5 Å². The minimum atomic E-state index is 0.549. The quantitative estimate of drug-likeness (QED) is 0.745. The monoisotopic (exact) mass is 223 g/mol. The first-order valence-electron chi connectivity index (χ1n) is 4.64. The van der Waals surface area contributed by atoms with Gasteiger partial charge >= 0.3 is 0 Å². The topological polar surface area (TPSA) is 51.4 Å². The molecule has 2 aromatic rings. The third kappa shape index (κ3) is 1.50. The molecule has 0 aliphatic carbocycles. The van der Waals surface area contributed by atoms with Gasteiger partial charge in [-0.05, 0) is 26.1 Å². The van der Waals surface area contributed by atoms with Crippen LogP contribution in [0, 0.1) is 18.6 Å². The molecule has 0 atom stereocenters. The number of aromatic nitrogens is 5. The van der Waals surface area contributed by atoms with E-state index in [2.05, 4.69) is 15.2 Å². The van der Waals surface area contributed by atoms with Crippen molar-refractivity contribution in [3.05, 3.63) is 16.2 Å². The minimum absolute atomic E-state index is 0.549. The van der Waals surface area contributed by atoms with Crippen LogP contribution in [0.25, 0.3) is 11.4 Å². The van der Waals surface area contributed by atoms with Crippen LogP contribution in [-0.4, -0.2) is 24.5 Å². The molecule has 0 saturated heterocycles. The van der Waals surface area contributed by atoms with Crippen molar-refractivity contribution in [1.29, 1.82) is 0 Å². The van der Waals surface area contributed by atoms with Gasteiger partial charge in [0.1, 0.15) is 0 Å². The number of hydrogen-bond acceptors (Lipinski definition) is 3. The van der Waals surface area contributed by atoms with E-state index in [1.807, 2.05) is 32.6 Å². The SMILES string of the molecule is Cc1nn(C)c(C)c1-c1nc(=S)n(C)[nH]1. The summed E-state index contributed by atoms with van der Waals surface area (Å²) >= 11 is 5.06. The lowest BCUT2D eigenvalue weighted by atomic mass is 10.2. The lowest BCUT2D eigenvalue weighted by Crippen LogP contribution is -1.93. The molecule has 80 valence electrons. The van der Waals surface area contributed by atoms with Crippen molar-refractivity contribution in [2.24, 2.45) is 14.1 Å².